The molecule has 19 heavy (non-hydrogen) atoms. The molecule has 0 spiro atoms. The first-order valence-electron chi connectivity index (χ1n) is 6.24. The van der Waals surface area contributed by atoms with Gasteiger partial charge in [-0.15, -0.1) is 11.3 Å². The minimum absolute atomic E-state index is 0.000859. The number of amides is 1. The van der Waals surface area contributed by atoms with Crippen LogP contribution in [-0.4, -0.2) is 48.3 Å². The van der Waals surface area contributed by atoms with Crippen LogP contribution in [0.15, 0.2) is 6.20 Å². The Kier molecular flexibility index (Phi) is 5.49. The lowest BCUT2D eigenvalue weighted by atomic mass is 10.3. The van der Waals surface area contributed by atoms with Gasteiger partial charge in [-0.25, -0.2) is 13.4 Å². The van der Waals surface area contributed by atoms with Gasteiger partial charge in [0.1, 0.15) is 4.88 Å². The summed E-state index contributed by atoms with van der Waals surface area (Å²) in [5, 5.41) is 0.827. The van der Waals surface area contributed by atoms with E-state index in [1.54, 1.807) is 24.9 Å². The molecule has 0 radical (unpaired) electrons. The Morgan fingerprint density at radius 3 is 2.53 bits per heavy atom. The summed E-state index contributed by atoms with van der Waals surface area (Å²) in [6, 6.07) is -0.329. The Balaban J connectivity index is 2.86. The Morgan fingerprint density at radius 1 is 1.47 bits per heavy atom. The molecule has 0 aliphatic rings. The van der Waals surface area contributed by atoms with E-state index in [0.29, 0.717) is 11.4 Å². The Bertz CT molecular complexity index is 537. The number of nitrogens with zero attached hydrogens (tertiary/aromatic N) is 2. The molecule has 1 aromatic heterocycles. The van der Waals surface area contributed by atoms with Crippen LogP contribution in [0.4, 0.5) is 0 Å². The van der Waals surface area contributed by atoms with E-state index in [9.17, 15) is 13.2 Å². The summed E-state index contributed by atoms with van der Waals surface area (Å²) in [6.07, 6.45) is 1.55. The molecule has 0 fully saturated rings. The van der Waals surface area contributed by atoms with Crippen molar-refractivity contribution in [1.29, 1.82) is 0 Å². The number of carbonyl (C=O) groups is 1. The quantitative estimate of drug-likeness (QED) is 0.803. The maximum absolute atomic E-state index is 12.3. The van der Waals surface area contributed by atoms with Crippen LogP contribution < -0.4 is 0 Å². The first kappa shape index (κ1) is 16.1. The smallest absolute Gasteiger partial charge is 0.265 e. The molecule has 0 aliphatic carbocycles. The summed E-state index contributed by atoms with van der Waals surface area (Å²) >= 11 is 1.33. The largest absolute Gasteiger partial charge is 0.334 e. The molecule has 1 unspecified atom stereocenters. The number of hydrogen-bond donors (Lipinski definition) is 0. The minimum atomic E-state index is -3.09. The van der Waals surface area contributed by atoms with Crippen LogP contribution in [0.2, 0.25) is 0 Å². The van der Waals surface area contributed by atoms with Gasteiger partial charge in [0, 0.05) is 18.3 Å². The fraction of sp³-hybridized carbons (Fsp3) is 0.667. The molecule has 5 nitrogen and oxygen atoms in total. The van der Waals surface area contributed by atoms with Crippen LogP contribution in [0.3, 0.4) is 0 Å². The predicted octanol–water partition coefficient (Wildman–Crippen LogP) is 1.74. The van der Waals surface area contributed by atoms with Crippen molar-refractivity contribution in [3.63, 3.8) is 0 Å². The highest BCUT2D eigenvalue weighted by Crippen LogP contribution is 2.16. The maximum Gasteiger partial charge on any atom is 0.265 e. The highest BCUT2D eigenvalue weighted by molar-refractivity contribution is 7.91. The average Bonchev–Trinajstić information content (AvgIpc) is 2.76. The second-order valence-corrected chi connectivity index (χ2v) is 8.02. The van der Waals surface area contributed by atoms with E-state index in [4.69, 9.17) is 0 Å². The molecule has 1 atom stereocenters. The second kappa shape index (κ2) is 6.47. The van der Waals surface area contributed by atoms with E-state index in [1.165, 1.54) is 11.3 Å². The van der Waals surface area contributed by atoms with Crippen molar-refractivity contribution in [1.82, 2.24) is 9.88 Å². The van der Waals surface area contributed by atoms with Gasteiger partial charge in [0.05, 0.1) is 17.0 Å². The Morgan fingerprint density at radius 2 is 2.11 bits per heavy atom. The normalized spacial score (nSPS) is 13.3. The maximum atomic E-state index is 12.3. The molecule has 108 valence electrons. The van der Waals surface area contributed by atoms with Gasteiger partial charge in [0.15, 0.2) is 9.84 Å². The minimum Gasteiger partial charge on any atom is -0.334 e. The van der Waals surface area contributed by atoms with Crippen LogP contribution >= 0.6 is 11.3 Å². The number of aromatic nitrogens is 1. The molecule has 0 bridgehead atoms. The molecule has 0 N–H and O–H groups in total. The number of carbonyl (C=O) groups excluding carboxylic acids is 1. The van der Waals surface area contributed by atoms with Crippen molar-refractivity contribution in [3.8, 4) is 0 Å². The average molecular weight is 304 g/mol. The van der Waals surface area contributed by atoms with Gasteiger partial charge >= 0.3 is 0 Å². The fourth-order valence-corrected chi connectivity index (χ4v) is 3.72. The number of sulfone groups is 1. The van der Waals surface area contributed by atoms with E-state index in [2.05, 4.69) is 4.98 Å². The lowest BCUT2D eigenvalue weighted by Crippen LogP contribution is -2.42. The van der Waals surface area contributed by atoms with Gasteiger partial charge in [-0.05, 0) is 20.8 Å². The van der Waals surface area contributed by atoms with Crippen molar-refractivity contribution in [2.24, 2.45) is 0 Å². The van der Waals surface area contributed by atoms with Gasteiger partial charge in [-0.2, -0.15) is 0 Å². The van der Waals surface area contributed by atoms with E-state index in [0.717, 1.165) is 5.01 Å². The van der Waals surface area contributed by atoms with E-state index >= 15 is 0 Å². The van der Waals surface area contributed by atoms with Gasteiger partial charge in [-0.1, -0.05) is 6.92 Å². The lowest BCUT2D eigenvalue weighted by Gasteiger charge is -2.27. The summed E-state index contributed by atoms with van der Waals surface area (Å²) in [4.78, 5) is 18.5. The number of rotatable bonds is 6. The van der Waals surface area contributed by atoms with Crippen molar-refractivity contribution in [3.05, 3.63) is 16.1 Å². The molecule has 1 rings (SSSR count). The molecular formula is C12H20N2O3S2. The van der Waals surface area contributed by atoms with E-state index in [1.807, 2.05) is 13.8 Å². The Hall–Kier alpha value is -0.950. The summed E-state index contributed by atoms with van der Waals surface area (Å²) in [5.41, 5.74) is 0. The van der Waals surface area contributed by atoms with Crippen molar-refractivity contribution < 1.29 is 13.2 Å². The first-order valence-corrected chi connectivity index (χ1v) is 8.88. The van der Waals surface area contributed by atoms with Gasteiger partial charge in [-0.3, -0.25) is 4.79 Å². The van der Waals surface area contributed by atoms with Crippen LogP contribution in [0.1, 0.15) is 35.5 Å². The third-order valence-electron chi connectivity index (χ3n) is 2.90. The van der Waals surface area contributed by atoms with E-state index < -0.39 is 9.84 Å². The molecule has 1 heterocycles. The molecule has 0 saturated heterocycles. The summed E-state index contributed by atoms with van der Waals surface area (Å²) in [7, 11) is -3.09. The van der Waals surface area contributed by atoms with E-state index in [-0.39, 0.29) is 23.5 Å². The zero-order chi connectivity index (χ0) is 14.6. The zero-order valence-electron chi connectivity index (χ0n) is 11.7. The first-order chi connectivity index (χ1) is 8.80. The highest BCUT2D eigenvalue weighted by atomic mass is 32.2. The predicted molar refractivity (Wildman–Crippen MR) is 77.4 cm³/mol. The molecule has 7 heteroatoms. The molecule has 1 amide bonds. The van der Waals surface area contributed by atoms with Crippen molar-refractivity contribution in [2.75, 3.05) is 18.1 Å². The van der Waals surface area contributed by atoms with Gasteiger partial charge < -0.3 is 4.90 Å². The monoisotopic (exact) mass is 304 g/mol. The molecule has 0 saturated carbocycles. The zero-order valence-corrected chi connectivity index (χ0v) is 13.3. The number of thiazole rings is 1. The van der Waals surface area contributed by atoms with Crippen LogP contribution in [-0.2, 0) is 9.84 Å². The van der Waals surface area contributed by atoms with Crippen LogP contribution in [0.25, 0.3) is 0 Å². The lowest BCUT2D eigenvalue weighted by molar-refractivity contribution is 0.0724. The highest BCUT2D eigenvalue weighted by Gasteiger charge is 2.25. The topological polar surface area (TPSA) is 67.3 Å². The van der Waals surface area contributed by atoms with Crippen molar-refractivity contribution >= 4 is 27.1 Å². The summed E-state index contributed by atoms with van der Waals surface area (Å²) < 4.78 is 23.3. The third kappa shape index (κ3) is 4.28. The van der Waals surface area contributed by atoms with Crippen LogP contribution in [0, 0.1) is 6.92 Å². The summed E-state index contributed by atoms with van der Waals surface area (Å²) in [5.74, 6) is -0.0456. The number of hydrogen-bond acceptors (Lipinski definition) is 5. The molecular weight excluding hydrogens is 284 g/mol. The van der Waals surface area contributed by atoms with Gasteiger partial charge in [0.2, 0.25) is 0 Å². The Labute approximate surface area is 118 Å². The summed E-state index contributed by atoms with van der Waals surface area (Å²) in [6.45, 7) is 7.55. The standard InChI is InChI=1S/C12H20N2O3S2/c1-5-14(9(3)8-19(16,17)6-2)12(15)11-7-13-10(4)18-11/h7,9H,5-6,8H2,1-4H3. The fourth-order valence-electron chi connectivity index (χ4n) is 1.83. The SMILES string of the molecule is CCN(C(=O)c1cnc(C)s1)C(C)CS(=O)(=O)CC. The van der Waals surface area contributed by atoms with Crippen LogP contribution in [0.5, 0.6) is 0 Å². The molecule has 0 aromatic carbocycles. The second-order valence-electron chi connectivity index (χ2n) is 4.38. The van der Waals surface area contributed by atoms with Crippen molar-refractivity contribution in [2.45, 2.75) is 33.7 Å². The van der Waals surface area contributed by atoms with Gasteiger partial charge in [0.25, 0.3) is 5.91 Å². The molecule has 1 aromatic rings. The number of aryl methyl sites for hydroxylation is 1. The molecule has 0 aliphatic heterocycles. The third-order valence-corrected chi connectivity index (χ3v) is 5.67.